The first-order chi connectivity index (χ1) is 17.9. The second kappa shape index (κ2) is 11.7. The lowest BCUT2D eigenvalue weighted by Crippen LogP contribution is -2.14. The molecule has 37 heavy (non-hydrogen) atoms. The molecule has 0 aliphatic heterocycles. The summed E-state index contributed by atoms with van der Waals surface area (Å²) < 4.78 is 12.0. The number of hydrogen-bond acceptors (Lipinski definition) is 9. The third kappa shape index (κ3) is 6.60. The van der Waals surface area contributed by atoms with Crippen LogP contribution in [0.25, 0.3) is 12.0 Å². The Morgan fingerprint density at radius 1 is 0.892 bits per heavy atom. The molecule has 0 bridgehead atoms. The van der Waals surface area contributed by atoms with E-state index in [1.807, 2.05) is 55.5 Å². The highest BCUT2D eigenvalue weighted by Gasteiger charge is 2.13. The number of aliphatic carboxylic acids is 1. The molecule has 0 aliphatic rings. The number of nitrogens with one attached hydrogen (secondary N) is 2. The Kier molecular flexibility index (Phi) is 7.94. The lowest BCUT2D eigenvalue weighted by atomic mass is 10.2. The van der Waals surface area contributed by atoms with Gasteiger partial charge in [0.05, 0.1) is 26.1 Å². The molecule has 0 saturated carbocycles. The number of nitrogens with zero attached hydrogens (tertiary/aromatic N) is 5. The topological polar surface area (TPSA) is 136 Å². The van der Waals surface area contributed by atoms with Gasteiger partial charge in [-0.2, -0.15) is 20.1 Å². The van der Waals surface area contributed by atoms with Gasteiger partial charge in [-0.3, -0.25) is 0 Å². The van der Waals surface area contributed by atoms with Gasteiger partial charge in [-0.05, 0) is 48.4 Å². The molecular weight excluding hydrogens is 474 g/mol. The molecule has 190 valence electrons. The summed E-state index contributed by atoms with van der Waals surface area (Å²) in [4.78, 5) is 24.5. The number of ether oxygens (including phenoxy) is 2. The summed E-state index contributed by atoms with van der Waals surface area (Å²) in [6, 6.07) is 15.4. The molecule has 0 radical (unpaired) electrons. The van der Waals surface area contributed by atoms with E-state index in [4.69, 9.17) is 14.6 Å². The molecule has 2 aromatic carbocycles. The summed E-state index contributed by atoms with van der Waals surface area (Å²) in [7, 11) is 3.25. The highest BCUT2D eigenvalue weighted by Crippen LogP contribution is 2.18. The predicted molar refractivity (Wildman–Crippen MR) is 139 cm³/mol. The maximum atomic E-state index is 10.9. The summed E-state index contributed by atoms with van der Waals surface area (Å²) in [5.41, 5.74) is 3.37. The van der Waals surface area contributed by atoms with E-state index in [-0.39, 0.29) is 5.95 Å². The van der Waals surface area contributed by atoms with Crippen LogP contribution in [-0.4, -0.2) is 50.0 Å². The highest BCUT2D eigenvalue weighted by molar-refractivity contribution is 5.85. The molecule has 0 unspecified atom stereocenters. The normalized spacial score (nSPS) is 10.9. The van der Waals surface area contributed by atoms with E-state index in [1.165, 1.54) is 6.08 Å². The molecular formula is C26H27N7O4. The zero-order valence-corrected chi connectivity index (χ0v) is 20.7. The molecule has 0 amide bonds. The maximum absolute atomic E-state index is 10.9. The summed E-state index contributed by atoms with van der Waals surface area (Å²) in [5, 5.41) is 19.8. The summed E-state index contributed by atoms with van der Waals surface area (Å²) in [5.74, 6) is 1.52. The number of rotatable bonds is 11. The van der Waals surface area contributed by atoms with Crippen molar-refractivity contribution in [1.29, 1.82) is 0 Å². The number of hydrogen-bond donors (Lipinski definition) is 3. The van der Waals surface area contributed by atoms with Crippen LogP contribution in [0.4, 0.5) is 11.9 Å². The van der Waals surface area contributed by atoms with Gasteiger partial charge in [-0.25, -0.2) is 9.48 Å². The fraction of sp³-hybridized carbons (Fsp3) is 0.192. The van der Waals surface area contributed by atoms with Crippen LogP contribution in [-0.2, 0) is 17.9 Å². The maximum Gasteiger partial charge on any atom is 0.328 e. The quantitative estimate of drug-likeness (QED) is 0.261. The van der Waals surface area contributed by atoms with Crippen LogP contribution >= 0.6 is 0 Å². The van der Waals surface area contributed by atoms with Gasteiger partial charge in [0.1, 0.15) is 11.5 Å². The molecule has 4 aromatic rings. The van der Waals surface area contributed by atoms with E-state index in [0.29, 0.717) is 36.2 Å². The Morgan fingerprint density at radius 2 is 1.41 bits per heavy atom. The van der Waals surface area contributed by atoms with Crippen LogP contribution in [0.15, 0.2) is 60.8 Å². The summed E-state index contributed by atoms with van der Waals surface area (Å²) in [6.45, 7) is 2.78. The van der Waals surface area contributed by atoms with Crippen molar-refractivity contribution in [2.75, 3.05) is 24.9 Å². The van der Waals surface area contributed by atoms with Crippen molar-refractivity contribution in [3.8, 4) is 17.4 Å². The Bertz CT molecular complexity index is 1310. The molecule has 3 N–H and O–H groups in total. The van der Waals surface area contributed by atoms with Crippen molar-refractivity contribution in [2.24, 2.45) is 0 Å². The molecule has 2 aromatic heterocycles. The standard InChI is InChI=1S/C26H27N7O4/c1-17-20(8-13-23(34)35)16-29-33(17)26-31-24(27-14-18-4-9-21(36-2)10-5-18)30-25(32-26)28-15-19-6-11-22(37-3)12-7-19/h4-13,16H,14-15H2,1-3H3,(H,34,35)(H2,27,28,30,31,32)/b13-8+. The van der Waals surface area contributed by atoms with E-state index in [1.54, 1.807) is 25.1 Å². The first kappa shape index (κ1) is 25.2. The van der Waals surface area contributed by atoms with Crippen molar-refractivity contribution in [1.82, 2.24) is 24.7 Å². The van der Waals surface area contributed by atoms with E-state index >= 15 is 0 Å². The average molecular weight is 502 g/mol. The van der Waals surface area contributed by atoms with Crippen LogP contribution in [0.2, 0.25) is 0 Å². The van der Waals surface area contributed by atoms with Gasteiger partial charge < -0.3 is 25.2 Å². The summed E-state index contributed by atoms with van der Waals surface area (Å²) in [6.07, 6.45) is 4.10. The van der Waals surface area contributed by atoms with E-state index in [2.05, 4.69) is 30.7 Å². The molecule has 0 saturated heterocycles. The zero-order chi connectivity index (χ0) is 26.2. The molecule has 0 fully saturated rings. The van der Waals surface area contributed by atoms with E-state index in [9.17, 15) is 4.79 Å². The molecule has 0 aliphatic carbocycles. The van der Waals surface area contributed by atoms with Crippen LogP contribution in [0.1, 0.15) is 22.4 Å². The molecule has 11 heteroatoms. The van der Waals surface area contributed by atoms with Crippen molar-refractivity contribution in [3.63, 3.8) is 0 Å². The number of carboxylic acids is 1. The number of aromatic nitrogens is 5. The first-order valence-electron chi connectivity index (χ1n) is 11.4. The Morgan fingerprint density at radius 3 is 1.86 bits per heavy atom. The lowest BCUT2D eigenvalue weighted by molar-refractivity contribution is -0.131. The zero-order valence-electron chi connectivity index (χ0n) is 20.7. The Balaban J connectivity index is 1.60. The minimum Gasteiger partial charge on any atom is -0.497 e. The fourth-order valence-electron chi connectivity index (χ4n) is 3.42. The van der Waals surface area contributed by atoms with Crippen LogP contribution in [0.5, 0.6) is 11.5 Å². The van der Waals surface area contributed by atoms with E-state index < -0.39 is 5.97 Å². The number of carbonyl (C=O) groups is 1. The highest BCUT2D eigenvalue weighted by atomic mass is 16.5. The number of methoxy groups -OCH3 is 2. The van der Waals surface area contributed by atoms with Crippen LogP contribution in [0.3, 0.4) is 0 Å². The minimum atomic E-state index is -1.04. The van der Waals surface area contributed by atoms with Gasteiger partial charge in [0.15, 0.2) is 0 Å². The van der Waals surface area contributed by atoms with Crippen LogP contribution in [0, 0.1) is 6.92 Å². The van der Waals surface area contributed by atoms with Gasteiger partial charge in [-0.15, -0.1) is 0 Å². The van der Waals surface area contributed by atoms with Crippen molar-refractivity contribution < 1.29 is 19.4 Å². The largest absolute Gasteiger partial charge is 0.497 e. The van der Waals surface area contributed by atoms with Gasteiger partial charge in [0, 0.05) is 24.7 Å². The molecule has 0 atom stereocenters. The molecule has 2 heterocycles. The second-order valence-corrected chi connectivity index (χ2v) is 7.95. The average Bonchev–Trinajstić information content (AvgIpc) is 3.30. The smallest absolute Gasteiger partial charge is 0.328 e. The van der Waals surface area contributed by atoms with Crippen molar-refractivity contribution in [3.05, 3.63) is 83.2 Å². The molecule has 0 spiro atoms. The van der Waals surface area contributed by atoms with Gasteiger partial charge in [0.2, 0.25) is 11.9 Å². The van der Waals surface area contributed by atoms with Gasteiger partial charge in [0.25, 0.3) is 5.95 Å². The van der Waals surface area contributed by atoms with Gasteiger partial charge in [-0.1, -0.05) is 24.3 Å². The second-order valence-electron chi connectivity index (χ2n) is 7.95. The molecule has 4 rings (SSSR count). The van der Waals surface area contributed by atoms with Gasteiger partial charge >= 0.3 is 5.97 Å². The van der Waals surface area contributed by atoms with Crippen molar-refractivity contribution in [2.45, 2.75) is 20.0 Å². The third-order valence-corrected chi connectivity index (χ3v) is 5.49. The Hall–Kier alpha value is -4.93. The monoisotopic (exact) mass is 501 g/mol. The van der Waals surface area contributed by atoms with Crippen molar-refractivity contribution >= 4 is 23.9 Å². The molecule has 11 nitrogen and oxygen atoms in total. The third-order valence-electron chi connectivity index (χ3n) is 5.49. The Labute approximate surface area is 213 Å². The summed E-state index contributed by atoms with van der Waals surface area (Å²) >= 11 is 0. The predicted octanol–water partition coefficient (Wildman–Crippen LogP) is 3.70. The number of benzene rings is 2. The lowest BCUT2D eigenvalue weighted by Gasteiger charge is -2.12. The number of carboxylic acid groups (broad SMARTS) is 1. The fourth-order valence-corrected chi connectivity index (χ4v) is 3.42. The number of anilines is 2. The SMILES string of the molecule is COc1ccc(CNc2nc(NCc3ccc(OC)cc3)nc(-n3ncc(/C=C/C(=O)O)c3C)n2)cc1. The first-order valence-corrected chi connectivity index (χ1v) is 11.4. The van der Waals surface area contributed by atoms with E-state index in [0.717, 1.165) is 28.7 Å². The minimum absolute atomic E-state index is 0.289. The van der Waals surface area contributed by atoms with Crippen LogP contribution < -0.4 is 20.1 Å².